The molecule has 23 heavy (non-hydrogen) atoms. The maximum atomic E-state index is 12.5. The van der Waals surface area contributed by atoms with Crippen molar-refractivity contribution < 1.29 is 14.5 Å². The van der Waals surface area contributed by atoms with E-state index in [1.165, 1.54) is 5.56 Å². The molecule has 1 heterocycles. The number of carbonyl (C=O) groups is 1. The van der Waals surface area contributed by atoms with E-state index in [4.69, 9.17) is 4.74 Å². The lowest BCUT2D eigenvalue weighted by Crippen LogP contribution is -2.71. The Bertz CT molecular complexity index is 693. The molecule has 4 heteroatoms. The third-order valence-corrected chi connectivity index (χ3v) is 3.94. The summed E-state index contributed by atoms with van der Waals surface area (Å²) < 4.78 is 5.63. The molecule has 0 atom stereocenters. The highest BCUT2D eigenvalue weighted by Crippen LogP contribution is 2.13. The van der Waals surface area contributed by atoms with Gasteiger partial charge in [0.15, 0.2) is 6.61 Å². The summed E-state index contributed by atoms with van der Waals surface area (Å²) >= 11 is 0. The molecule has 0 saturated heterocycles. The Morgan fingerprint density at radius 2 is 1.87 bits per heavy atom. The van der Waals surface area contributed by atoms with Crippen LogP contribution in [0.25, 0.3) is 0 Å². The van der Waals surface area contributed by atoms with Gasteiger partial charge in [-0.15, -0.1) is 0 Å². The lowest BCUT2D eigenvalue weighted by atomic mass is 10.2. The smallest absolute Gasteiger partial charge is 0.347 e. The van der Waals surface area contributed by atoms with Crippen LogP contribution in [-0.2, 0) is 11.2 Å². The third kappa shape index (κ3) is 3.59. The van der Waals surface area contributed by atoms with Crippen LogP contribution in [0.5, 0.6) is 5.75 Å². The summed E-state index contributed by atoms with van der Waals surface area (Å²) in [4.78, 5) is 17.5. The monoisotopic (exact) mass is 309 g/mol. The van der Waals surface area contributed by atoms with Gasteiger partial charge in [-0.2, -0.15) is 4.90 Å². The minimum Gasteiger partial charge on any atom is -0.481 e. The van der Waals surface area contributed by atoms with Crippen LogP contribution in [0.4, 0.5) is 0 Å². The number of carbonyl (C=O) groups excluding carboxylic acids is 1. The van der Waals surface area contributed by atoms with E-state index in [1.54, 1.807) is 4.90 Å². The molecule has 0 unspecified atom stereocenters. The molecule has 118 valence electrons. The number of rotatable bonds is 5. The van der Waals surface area contributed by atoms with Crippen molar-refractivity contribution in [1.29, 1.82) is 0 Å². The van der Waals surface area contributed by atoms with Crippen LogP contribution in [0.2, 0.25) is 0 Å². The molecule has 0 saturated carbocycles. The summed E-state index contributed by atoms with van der Waals surface area (Å²) in [6.45, 7) is 3.59. The number of ether oxygens (including phenoxy) is 1. The second-order valence-electron chi connectivity index (χ2n) is 5.47. The van der Waals surface area contributed by atoms with Crippen LogP contribution < -0.4 is 9.73 Å². The van der Waals surface area contributed by atoms with Crippen molar-refractivity contribution in [3.8, 4) is 5.75 Å². The van der Waals surface area contributed by atoms with Crippen LogP contribution in [0.15, 0.2) is 54.6 Å². The summed E-state index contributed by atoms with van der Waals surface area (Å²) in [5.41, 5.74) is 2.28. The topological polar surface area (TPSA) is 43.5 Å². The SMILES string of the molecule is CCc1ccc(OCC(=O)N2CC[NH+]=C2c2ccccc2)cc1. The van der Waals surface area contributed by atoms with E-state index in [0.29, 0.717) is 6.54 Å². The summed E-state index contributed by atoms with van der Waals surface area (Å²) in [6, 6.07) is 17.8. The van der Waals surface area contributed by atoms with E-state index in [2.05, 4.69) is 11.9 Å². The average molecular weight is 309 g/mol. The molecular formula is C19H21N2O2+. The van der Waals surface area contributed by atoms with E-state index < -0.39 is 0 Å². The van der Waals surface area contributed by atoms with E-state index in [1.807, 2.05) is 54.6 Å². The molecule has 0 aromatic heterocycles. The lowest BCUT2D eigenvalue weighted by Gasteiger charge is -2.12. The molecule has 4 nitrogen and oxygen atoms in total. The molecule has 1 aliphatic rings. The molecule has 0 spiro atoms. The zero-order valence-electron chi connectivity index (χ0n) is 13.3. The normalized spacial score (nSPS) is 13.8. The maximum absolute atomic E-state index is 12.5. The fourth-order valence-electron chi connectivity index (χ4n) is 2.64. The Labute approximate surface area is 136 Å². The first kappa shape index (κ1) is 15.3. The van der Waals surface area contributed by atoms with E-state index in [9.17, 15) is 4.79 Å². The van der Waals surface area contributed by atoms with Gasteiger partial charge < -0.3 is 4.74 Å². The van der Waals surface area contributed by atoms with E-state index >= 15 is 0 Å². The quantitative estimate of drug-likeness (QED) is 0.895. The Kier molecular flexibility index (Phi) is 4.71. The van der Waals surface area contributed by atoms with Crippen molar-refractivity contribution in [2.24, 2.45) is 0 Å². The van der Waals surface area contributed by atoms with Gasteiger partial charge in [-0.1, -0.05) is 37.3 Å². The molecule has 1 aliphatic heterocycles. The summed E-state index contributed by atoms with van der Waals surface area (Å²) in [5.74, 6) is 1.55. The number of nitrogens with one attached hydrogen (secondary N) is 1. The van der Waals surface area contributed by atoms with Crippen LogP contribution >= 0.6 is 0 Å². The first-order valence-electron chi connectivity index (χ1n) is 7.96. The number of aryl methyl sites for hydroxylation is 1. The van der Waals surface area contributed by atoms with Gasteiger partial charge in [-0.25, -0.2) is 4.79 Å². The van der Waals surface area contributed by atoms with Crippen molar-refractivity contribution in [3.05, 3.63) is 65.7 Å². The first-order chi connectivity index (χ1) is 11.3. The zero-order valence-corrected chi connectivity index (χ0v) is 13.3. The molecule has 1 amide bonds. The minimum atomic E-state index is -0.0339. The molecule has 0 aliphatic carbocycles. The first-order valence-corrected chi connectivity index (χ1v) is 7.96. The van der Waals surface area contributed by atoms with Crippen LogP contribution in [0.3, 0.4) is 0 Å². The van der Waals surface area contributed by atoms with Gasteiger partial charge in [-0.05, 0) is 36.2 Å². The van der Waals surface area contributed by atoms with Crippen molar-refractivity contribution in [2.75, 3.05) is 19.7 Å². The van der Waals surface area contributed by atoms with Gasteiger partial charge in [-0.3, -0.25) is 4.99 Å². The van der Waals surface area contributed by atoms with Crippen LogP contribution in [0.1, 0.15) is 18.1 Å². The van der Waals surface area contributed by atoms with Gasteiger partial charge in [0.2, 0.25) is 0 Å². The number of hydrogen-bond acceptors (Lipinski definition) is 2. The number of hydrogen-bond donors (Lipinski definition) is 1. The minimum absolute atomic E-state index is 0.0339. The van der Waals surface area contributed by atoms with Gasteiger partial charge in [0.25, 0.3) is 5.84 Å². The second-order valence-corrected chi connectivity index (χ2v) is 5.47. The highest BCUT2D eigenvalue weighted by Gasteiger charge is 2.32. The van der Waals surface area contributed by atoms with Crippen LogP contribution in [0, 0.1) is 0 Å². The predicted molar refractivity (Wildman–Crippen MR) is 89.4 cm³/mol. The Morgan fingerprint density at radius 3 is 2.57 bits per heavy atom. The molecule has 3 rings (SSSR count). The fraction of sp³-hybridized carbons (Fsp3) is 0.263. The van der Waals surface area contributed by atoms with Crippen molar-refractivity contribution in [3.63, 3.8) is 0 Å². The third-order valence-electron chi connectivity index (χ3n) is 3.94. The number of benzene rings is 2. The lowest BCUT2D eigenvalue weighted by molar-refractivity contribution is -0.444. The Hall–Kier alpha value is -2.62. The zero-order chi connectivity index (χ0) is 16.1. The molecule has 2 aromatic rings. The maximum Gasteiger partial charge on any atom is 0.347 e. The fourth-order valence-corrected chi connectivity index (χ4v) is 2.64. The molecule has 1 N–H and O–H groups in total. The van der Waals surface area contributed by atoms with Gasteiger partial charge in [0.05, 0.1) is 5.56 Å². The van der Waals surface area contributed by atoms with Crippen molar-refractivity contribution in [1.82, 2.24) is 4.90 Å². The van der Waals surface area contributed by atoms with Crippen LogP contribution in [-0.4, -0.2) is 36.3 Å². The number of amidine groups is 1. The molecule has 2 aromatic carbocycles. The van der Waals surface area contributed by atoms with Gasteiger partial charge in [0, 0.05) is 0 Å². The van der Waals surface area contributed by atoms with Gasteiger partial charge >= 0.3 is 5.91 Å². The standard InChI is InChI=1S/C19H20N2O2/c1-2-15-8-10-17(11-9-15)23-14-18(22)21-13-12-20-19(21)16-6-4-3-5-7-16/h3-11H,2,12-14H2,1H3/p+1. The van der Waals surface area contributed by atoms with Gasteiger partial charge in [0.1, 0.15) is 18.8 Å². The molecule has 0 bridgehead atoms. The molecular weight excluding hydrogens is 288 g/mol. The summed E-state index contributed by atoms with van der Waals surface area (Å²) in [5, 5.41) is 0. The Balaban J connectivity index is 1.62. The highest BCUT2D eigenvalue weighted by molar-refractivity contribution is 6.05. The largest absolute Gasteiger partial charge is 0.481 e. The highest BCUT2D eigenvalue weighted by atomic mass is 16.5. The number of amides is 1. The summed E-state index contributed by atoms with van der Waals surface area (Å²) in [6.07, 6.45) is 0.994. The number of nitrogens with zero attached hydrogens (tertiary/aromatic N) is 1. The van der Waals surface area contributed by atoms with Crippen molar-refractivity contribution in [2.45, 2.75) is 13.3 Å². The van der Waals surface area contributed by atoms with Crippen molar-refractivity contribution >= 4 is 11.7 Å². The predicted octanol–water partition coefficient (Wildman–Crippen LogP) is 0.997. The van der Waals surface area contributed by atoms with E-state index in [0.717, 1.165) is 30.1 Å². The Morgan fingerprint density at radius 1 is 1.13 bits per heavy atom. The average Bonchev–Trinajstić information content (AvgIpc) is 3.11. The molecule has 0 fully saturated rings. The summed E-state index contributed by atoms with van der Waals surface area (Å²) in [7, 11) is 0. The molecule has 0 radical (unpaired) electrons. The van der Waals surface area contributed by atoms with E-state index in [-0.39, 0.29) is 12.5 Å². The second kappa shape index (κ2) is 7.09.